The Bertz CT molecular complexity index is 470. The average molecular weight is 279 g/mol. The predicted molar refractivity (Wildman–Crippen MR) is 72.9 cm³/mol. The van der Waals surface area contributed by atoms with Crippen LogP contribution in [-0.2, 0) is 6.54 Å². The third kappa shape index (κ3) is 3.75. The molecule has 1 aromatic rings. The van der Waals surface area contributed by atoms with Crippen molar-refractivity contribution in [1.29, 1.82) is 5.26 Å². The van der Waals surface area contributed by atoms with E-state index in [9.17, 15) is 8.78 Å². The molecule has 5 heteroatoms. The molecular formula is C15H19F2N3. The molecule has 1 atom stereocenters. The lowest BCUT2D eigenvalue weighted by Gasteiger charge is -2.36. The van der Waals surface area contributed by atoms with Crippen LogP contribution in [-0.4, -0.2) is 42.0 Å². The minimum atomic E-state index is -0.533. The van der Waals surface area contributed by atoms with Crippen molar-refractivity contribution >= 4 is 0 Å². The summed E-state index contributed by atoms with van der Waals surface area (Å²) in [6, 6.07) is 5.92. The van der Waals surface area contributed by atoms with Crippen molar-refractivity contribution in [3.8, 4) is 6.07 Å². The van der Waals surface area contributed by atoms with E-state index >= 15 is 0 Å². The minimum absolute atomic E-state index is 0.0243. The number of benzene rings is 1. The van der Waals surface area contributed by atoms with Crippen molar-refractivity contribution in [2.24, 2.45) is 0 Å². The van der Waals surface area contributed by atoms with Crippen molar-refractivity contribution in [3.05, 3.63) is 35.4 Å². The highest BCUT2D eigenvalue weighted by molar-refractivity contribution is 5.17. The molecule has 2 rings (SSSR count). The summed E-state index contributed by atoms with van der Waals surface area (Å²) in [5.41, 5.74) is 0.656. The molecule has 0 saturated carbocycles. The molecule has 20 heavy (non-hydrogen) atoms. The van der Waals surface area contributed by atoms with E-state index in [1.165, 1.54) is 12.1 Å². The molecule has 0 bridgehead atoms. The van der Waals surface area contributed by atoms with Crippen LogP contribution in [0.15, 0.2) is 18.2 Å². The highest BCUT2D eigenvalue weighted by atomic mass is 19.1. The topological polar surface area (TPSA) is 30.3 Å². The summed E-state index contributed by atoms with van der Waals surface area (Å²) >= 11 is 0. The van der Waals surface area contributed by atoms with Gasteiger partial charge in [0.25, 0.3) is 0 Å². The molecule has 1 aromatic carbocycles. The van der Waals surface area contributed by atoms with Gasteiger partial charge in [0.15, 0.2) is 0 Å². The Morgan fingerprint density at radius 3 is 2.25 bits per heavy atom. The molecule has 0 amide bonds. The first-order valence-corrected chi connectivity index (χ1v) is 6.93. The van der Waals surface area contributed by atoms with Crippen LogP contribution in [0.25, 0.3) is 0 Å². The summed E-state index contributed by atoms with van der Waals surface area (Å²) in [5, 5.41) is 9.05. The van der Waals surface area contributed by atoms with Crippen LogP contribution in [0.2, 0.25) is 0 Å². The van der Waals surface area contributed by atoms with Crippen LogP contribution < -0.4 is 0 Å². The predicted octanol–water partition coefficient (Wildman–Crippen LogP) is 2.38. The molecule has 1 aliphatic heterocycles. The van der Waals surface area contributed by atoms with Crippen LogP contribution in [0.1, 0.15) is 18.9 Å². The van der Waals surface area contributed by atoms with E-state index in [2.05, 4.69) is 15.9 Å². The van der Waals surface area contributed by atoms with E-state index in [4.69, 9.17) is 5.26 Å². The first-order valence-electron chi connectivity index (χ1n) is 6.93. The quantitative estimate of drug-likeness (QED) is 0.847. The van der Waals surface area contributed by atoms with Crippen LogP contribution in [0.3, 0.4) is 0 Å². The van der Waals surface area contributed by atoms with Gasteiger partial charge in [-0.25, -0.2) is 8.78 Å². The van der Waals surface area contributed by atoms with Gasteiger partial charge in [0.1, 0.15) is 11.6 Å². The lowest BCUT2D eigenvalue weighted by Crippen LogP contribution is -2.49. The first-order chi connectivity index (χ1) is 9.62. The minimum Gasteiger partial charge on any atom is -0.297 e. The van der Waals surface area contributed by atoms with Gasteiger partial charge < -0.3 is 0 Å². The van der Waals surface area contributed by atoms with Crippen molar-refractivity contribution in [3.63, 3.8) is 0 Å². The van der Waals surface area contributed by atoms with Crippen LogP contribution in [0.4, 0.5) is 8.78 Å². The van der Waals surface area contributed by atoms with Gasteiger partial charge in [0, 0.05) is 38.8 Å². The zero-order valence-corrected chi connectivity index (χ0v) is 11.6. The zero-order valence-electron chi connectivity index (χ0n) is 11.6. The van der Waals surface area contributed by atoms with E-state index in [-0.39, 0.29) is 6.04 Å². The Balaban J connectivity index is 1.90. The Kier molecular flexibility index (Phi) is 5.05. The van der Waals surface area contributed by atoms with Crippen molar-refractivity contribution < 1.29 is 8.78 Å². The number of nitrogens with zero attached hydrogens (tertiary/aromatic N) is 3. The lowest BCUT2D eigenvalue weighted by molar-refractivity contribution is 0.108. The van der Waals surface area contributed by atoms with Crippen LogP contribution in [0, 0.1) is 23.0 Å². The fraction of sp³-hybridized carbons (Fsp3) is 0.533. The van der Waals surface area contributed by atoms with Crippen molar-refractivity contribution in [2.75, 3.05) is 26.2 Å². The summed E-state index contributed by atoms with van der Waals surface area (Å²) < 4.78 is 26.3. The Morgan fingerprint density at radius 1 is 1.15 bits per heavy atom. The summed E-state index contributed by atoms with van der Waals surface area (Å²) in [6.07, 6.45) is 0.825. The van der Waals surface area contributed by atoms with Gasteiger partial charge in [-0.05, 0) is 24.1 Å². The largest absolute Gasteiger partial charge is 0.297 e. The maximum absolute atomic E-state index is 13.1. The second kappa shape index (κ2) is 6.78. The number of rotatable bonds is 4. The summed E-state index contributed by atoms with van der Waals surface area (Å²) in [7, 11) is 0. The zero-order chi connectivity index (χ0) is 14.5. The Labute approximate surface area is 118 Å². The van der Waals surface area contributed by atoms with E-state index in [0.717, 1.165) is 38.7 Å². The average Bonchev–Trinajstić information content (AvgIpc) is 2.41. The van der Waals surface area contributed by atoms with E-state index in [1.54, 1.807) is 0 Å². The van der Waals surface area contributed by atoms with Gasteiger partial charge in [0.05, 0.1) is 12.1 Å². The lowest BCUT2D eigenvalue weighted by atomic mass is 10.1. The SMILES string of the molecule is CCC(C#N)N1CCN(Cc2cc(F)cc(F)c2)CC1. The molecule has 1 unspecified atom stereocenters. The third-order valence-electron chi connectivity index (χ3n) is 3.71. The van der Waals surface area contributed by atoms with Crippen LogP contribution in [0.5, 0.6) is 0 Å². The van der Waals surface area contributed by atoms with Crippen molar-refractivity contribution in [1.82, 2.24) is 9.80 Å². The molecular weight excluding hydrogens is 260 g/mol. The van der Waals surface area contributed by atoms with Gasteiger partial charge in [-0.15, -0.1) is 0 Å². The first kappa shape index (κ1) is 14.9. The Hall–Kier alpha value is -1.51. The summed E-state index contributed by atoms with van der Waals surface area (Å²) in [6.45, 7) is 5.84. The van der Waals surface area contributed by atoms with E-state index in [0.29, 0.717) is 12.1 Å². The fourth-order valence-electron chi connectivity index (χ4n) is 2.62. The van der Waals surface area contributed by atoms with Gasteiger partial charge in [-0.3, -0.25) is 9.80 Å². The van der Waals surface area contributed by atoms with Gasteiger partial charge in [-0.1, -0.05) is 6.92 Å². The van der Waals surface area contributed by atoms with Gasteiger partial charge in [0.2, 0.25) is 0 Å². The smallest absolute Gasteiger partial charge is 0.126 e. The second-order valence-corrected chi connectivity index (χ2v) is 5.14. The maximum atomic E-state index is 13.1. The molecule has 108 valence electrons. The molecule has 0 aliphatic carbocycles. The fourth-order valence-corrected chi connectivity index (χ4v) is 2.62. The molecule has 0 spiro atoms. The highest BCUT2D eigenvalue weighted by Gasteiger charge is 2.22. The third-order valence-corrected chi connectivity index (χ3v) is 3.71. The number of nitriles is 1. The Morgan fingerprint density at radius 2 is 1.75 bits per heavy atom. The van der Waals surface area contributed by atoms with Gasteiger partial charge in [-0.2, -0.15) is 5.26 Å². The van der Waals surface area contributed by atoms with Crippen molar-refractivity contribution in [2.45, 2.75) is 25.9 Å². The number of hydrogen-bond donors (Lipinski definition) is 0. The monoisotopic (exact) mass is 279 g/mol. The van der Waals surface area contributed by atoms with E-state index < -0.39 is 11.6 Å². The second-order valence-electron chi connectivity index (χ2n) is 5.14. The summed E-state index contributed by atoms with van der Waals surface area (Å²) in [4.78, 5) is 4.33. The molecule has 1 aliphatic rings. The molecule has 0 aromatic heterocycles. The van der Waals surface area contributed by atoms with Gasteiger partial charge >= 0.3 is 0 Å². The van der Waals surface area contributed by atoms with E-state index in [1.807, 2.05) is 6.92 Å². The number of hydrogen-bond acceptors (Lipinski definition) is 3. The maximum Gasteiger partial charge on any atom is 0.126 e. The highest BCUT2D eigenvalue weighted by Crippen LogP contribution is 2.14. The molecule has 0 N–H and O–H groups in total. The molecule has 1 heterocycles. The molecule has 1 fully saturated rings. The molecule has 3 nitrogen and oxygen atoms in total. The van der Waals surface area contributed by atoms with Crippen LogP contribution >= 0.6 is 0 Å². The number of halogens is 2. The standard InChI is InChI=1S/C15H19F2N3/c1-2-15(10-18)20-5-3-19(4-6-20)11-12-7-13(16)9-14(17)8-12/h7-9,15H,2-6,11H2,1H3. The molecule has 0 radical (unpaired) electrons. The molecule has 1 saturated heterocycles. The summed E-state index contributed by atoms with van der Waals surface area (Å²) in [5.74, 6) is -1.07. The normalized spacial score (nSPS) is 18.7. The number of piperazine rings is 1.